The van der Waals surface area contributed by atoms with Crippen LogP contribution in [0.25, 0.3) is 10.8 Å². The molecular formula is C12H12ClN. The molecule has 2 aromatic carbocycles. The van der Waals surface area contributed by atoms with Gasteiger partial charge in [-0.25, -0.2) is 0 Å². The van der Waals surface area contributed by atoms with Gasteiger partial charge in [0, 0.05) is 11.6 Å². The average Bonchev–Trinajstić information content (AvgIpc) is 2.18. The van der Waals surface area contributed by atoms with Gasteiger partial charge in [-0.3, -0.25) is 0 Å². The van der Waals surface area contributed by atoms with E-state index < -0.39 is 0 Å². The summed E-state index contributed by atoms with van der Waals surface area (Å²) < 4.78 is 0. The molecule has 2 aromatic rings. The molecule has 0 unspecified atom stereocenters. The van der Waals surface area contributed by atoms with Gasteiger partial charge in [-0.15, -0.1) is 0 Å². The highest BCUT2D eigenvalue weighted by Gasteiger charge is 2.02. The van der Waals surface area contributed by atoms with E-state index in [0.29, 0.717) is 6.54 Å². The topological polar surface area (TPSA) is 26.0 Å². The predicted molar refractivity (Wildman–Crippen MR) is 61.6 cm³/mol. The normalized spacial score (nSPS) is 10.8. The summed E-state index contributed by atoms with van der Waals surface area (Å²) in [6, 6.07) is 10.1. The fraction of sp³-hybridized carbons (Fsp3) is 0.167. The SMILES string of the molecule is Cc1c(CN)ccc2cc(Cl)ccc12. The number of nitrogens with two attached hydrogens (primary N) is 1. The summed E-state index contributed by atoms with van der Waals surface area (Å²) in [5.74, 6) is 0. The molecule has 0 radical (unpaired) electrons. The molecule has 0 bridgehead atoms. The summed E-state index contributed by atoms with van der Waals surface area (Å²) >= 11 is 5.92. The quantitative estimate of drug-likeness (QED) is 0.760. The number of hydrogen-bond acceptors (Lipinski definition) is 1. The molecule has 0 saturated heterocycles. The van der Waals surface area contributed by atoms with Gasteiger partial charge in [0.25, 0.3) is 0 Å². The Morgan fingerprint density at radius 1 is 1.21 bits per heavy atom. The van der Waals surface area contributed by atoms with Crippen molar-refractivity contribution in [2.45, 2.75) is 13.5 Å². The van der Waals surface area contributed by atoms with E-state index >= 15 is 0 Å². The summed E-state index contributed by atoms with van der Waals surface area (Å²) in [6.45, 7) is 2.68. The third kappa shape index (κ3) is 1.49. The first kappa shape index (κ1) is 9.50. The Kier molecular flexibility index (Phi) is 2.44. The summed E-state index contributed by atoms with van der Waals surface area (Å²) in [4.78, 5) is 0. The zero-order chi connectivity index (χ0) is 10.1. The minimum Gasteiger partial charge on any atom is -0.326 e. The first-order valence-electron chi connectivity index (χ1n) is 4.60. The standard InChI is InChI=1S/C12H12ClN/c1-8-10(7-14)3-2-9-6-11(13)4-5-12(8)9/h2-6H,7,14H2,1H3. The van der Waals surface area contributed by atoms with Crippen LogP contribution < -0.4 is 5.73 Å². The van der Waals surface area contributed by atoms with Crippen LogP contribution in [-0.2, 0) is 6.54 Å². The Labute approximate surface area is 88.5 Å². The molecule has 2 rings (SSSR count). The van der Waals surface area contributed by atoms with Gasteiger partial charge >= 0.3 is 0 Å². The minimum atomic E-state index is 0.588. The summed E-state index contributed by atoms with van der Waals surface area (Å²) in [5, 5.41) is 3.18. The van der Waals surface area contributed by atoms with E-state index in [1.165, 1.54) is 21.9 Å². The van der Waals surface area contributed by atoms with Crippen LogP contribution in [0.1, 0.15) is 11.1 Å². The third-order valence-electron chi connectivity index (χ3n) is 2.58. The average molecular weight is 206 g/mol. The molecule has 2 N–H and O–H groups in total. The fourth-order valence-corrected chi connectivity index (χ4v) is 1.90. The molecule has 0 amide bonds. The van der Waals surface area contributed by atoms with Crippen molar-refractivity contribution in [3.63, 3.8) is 0 Å². The van der Waals surface area contributed by atoms with Gasteiger partial charge in [-0.2, -0.15) is 0 Å². The number of hydrogen-bond donors (Lipinski definition) is 1. The van der Waals surface area contributed by atoms with Crippen molar-refractivity contribution in [2.75, 3.05) is 0 Å². The number of halogens is 1. The Morgan fingerprint density at radius 2 is 2.00 bits per heavy atom. The molecule has 14 heavy (non-hydrogen) atoms. The molecular weight excluding hydrogens is 194 g/mol. The lowest BCUT2D eigenvalue weighted by Crippen LogP contribution is -1.99. The number of rotatable bonds is 1. The molecule has 0 aliphatic heterocycles. The predicted octanol–water partition coefficient (Wildman–Crippen LogP) is 3.26. The van der Waals surface area contributed by atoms with Crippen LogP contribution in [0.5, 0.6) is 0 Å². The summed E-state index contributed by atoms with van der Waals surface area (Å²) in [6.07, 6.45) is 0. The summed E-state index contributed by atoms with van der Waals surface area (Å²) in [7, 11) is 0. The molecule has 0 spiro atoms. The highest BCUT2D eigenvalue weighted by atomic mass is 35.5. The van der Waals surface area contributed by atoms with Crippen molar-refractivity contribution < 1.29 is 0 Å². The molecule has 0 aliphatic rings. The van der Waals surface area contributed by atoms with Gasteiger partial charge in [0.05, 0.1) is 0 Å². The van der Waals surface area contributed by atoms with Crippen molar-refractivity contribution in [3.8, 4) is 0 Å². The van der Waals surface area contributed by atoms with Crippen molar-refractivity contribution in [3.05, 3.63) is 46.5 Å². The first-order valence-corrected chi connectivity index (χ1v) is 4.98. The Bertz CT molecular complexity index is 477. The Morgan fingerprint density at radius 3 is 2.71 bits per heavy atom. The van der Waals surface area contributed by atoms with Crippen molar-refractivity contribution >= 4 is 22.4 Å². The number of benzene rings is 2. The zero-order valence-electron chi connectivity index (χ0n) is 8.05. The maximum atomic E-state index is 5.92. The molecule has 1 nitrogen and oxygen atoms in total. The van der Waals surface area contributed by atoms with E-state index in [4.69, 9.17) is 17.3 Å². The lowest BCUT2D eigenvalue weighted by molar-refractivity contribution is 1.06. The van der Waals surface area contributed by atoms with E-state index in [9.17, 15) is 0 Å². The van der Waals surface area contributed by atoms with Crippen molar-refractivity contribution in [1.29, 1.82) is 0 Å². The molecule has 0 heterocycles. The lowest BCUT2D eigenvalue weighted by Gasteiger charge is -2.07. The van der Waals surface area contributed by atoms with Crippen LogP contribution in [0.15, 0.2) is 30.3 Å². The maximum absolute atomic E-state index is 5.92. The van der Waals surface area contributed by atoms with Gasteiger partial charge < -0.3 is 5.73 Å². The summed E-state index contributed by atoms with van der Waals surface area (Å²) in [5.41, 5.74) is 8.09. The highest BCUT2D eigenvalue weighted by Crippen LogP contribution is 2.24. The Balaban J connectivity index is 2.77. The second kappa shape index (κ2) is 3.60. The minimum absolute atomic E-state index is 0.588. The molecule has 0 saturated carbocycles. The van der Waals surface area contributed by atoms with Crippen LogP contribution in [0.3, 0.4) is 0 Å². The van der Waals surface area contributed by atoms with Crippen LogP contribution in [-0.4, -0.2) is 0 Å². The molecule has 0 atom stereocenters. The molecule has 72 valence electrons. The maximum Gasteiger partial charge on any atom is 0.0412 e. The zero-order valence-corrected chi connectivity index (χ0v) is 8.81. The lowest BCUT2D eigenvalue weighted by atomic mass is 10.0. The van der Waals surface area contributed by atoms with E-state index in [0.717, 1.165) is 5.02 Å². The van der Waals surface area contributed by atoms with E-state index in [-0.39, 0.29) is 0 Å². The number of fused-ring (bicyclic) bond motifs is 1. The van der Waals surface area contributed by atoms with Gasteiger partial charge in [0.1, 0.15) is 0 Å². The third-order valence-corrected chi connectivity index (χ3v) is 2.82. The van der Waals surface area contributed by atoms with Gasteiger partial charge in [-0.05, 0) is 41.0 Å². The van der Waals surface area contributed by atoms with Crippen molar-refractivity contribution in [2.24, 2.45) is 5.73 Å². The fourth-order valence-electron chi connectivity index (χ4n) is 1.72. The van der Waals surface area contributed by atoms with E-state index in [2.05, 4.69) is 19.1 Å². The smallest absolute Gasteiger partial charge is 0.0412 e. The largest absolute Gasteiger partial charge is 0.326 e. The van der Waals surface area contributed by atoms with Crippen LogP contribution in [0.4, 0.5) is 0 Å². The van der Waals surface area contributed by atoms with Gasteiger partial charge in [0.15, 0.2) is 0 Å². The monoisotopic (exact) mass is 205 g/mol. The van der Waals surface area contributed by atoms with E-state index in [1.54, 1.807) is 0 Å². The van der Waals surface area contributed by atoms with Crippen LogP contribution in [0, 0.1) is 6.92 Å². The molecule has 0 aliphatic carbocycles. The molecule has 0 aromatic heterocycles. The van der Waals surface area contributed by atoms with Gasteiger partial charge in [0.2, 0.25) is 0 Å². The first-order chi connectivity index (χ1) is 6.72. The Hall–Kier alpha value is -1.05. The van der Waals surface area contributed by atoms with Crippen LogP contribution in [0.2, 0.25) is 5.02 Å². The second-order valence-electron chi connectivity index (χ2n) is 3.42. The molecule has 0 fully saturated rings. The highest BCUT2D eigenvalue weighted by molar-refractivity contribution is 6.31. The molecule has 2 heteroatoms. The number of aryl methyl sites for hydroxylation is 1. The van der Waals surface area contributed by atoms with Crippen LogP contribution >= 0.6 is 11.6 Å². The second-order valence-corrected chi connectivity index (χ2v) is 3.86. The van der Waals surface area contributed by atoms with Crippen molar-refractivity contribution in [1.82, 2.24) is 0 Å². The van der Waals surface area contributed by atoms with Gasteiger partial charge in [-0.1, -0.05) is 29.8 Å². The van der Waals surface area contributed by atoms with E-state index in [1.807, 2.05) is 18.2 Å².